The monoisotopic (exact) mass is 391 g/mol. The van der Waals surface area contributed by atoms with Crippen LogP contribution in [0.4, 0.5) is 0 Å². The molecule has 1 heterocycles. The van der Waals surface area contributed by atoms with Crippen LogP contribution in [0.2, 0.25) is 0 Å². The van der Waals surface area contributed by atoms with Crippen LogP contribution in [-0.4, -0.2) is 25.8 Å². The van der Waals surface area contributed by atoms with Gasteiger partial charge >= 0.3 is 5.97 Å². The van der Waals surface area contributed by atoms with Crippen molar-refractivity contribution in [2.75, 3.05) is 0 Å². The second-order valence-electron chi connectivity index (χ2n) is 8.00. The molecule has 0 amide bonds. The highest BCUT2D eigenvalue weighted by atomic mass is 16.4. The summed E-state index contributed by atoms with van der Waals surface area (Å²) in [6.45, 7) is 9.36. The fourth-order valence-electron chi connectivity index (χ4n) is 3.31. The molecule has 2 aromatic carbocycles. The number of carboxylic acids is 1. The zero-order valence-corrected chi connectivity index (χ0v) is 17.6. The molecule has 0 spiro atoms. The van der Waals surface area contributed by atoms with E-state index in [0.29, 0.717) is 23.9 Å². The van der Waals surface area contributed by atoms with Gasteiger partial charge in [0.2, 0.25) is 0 Å². The molecule has 0 aliphatic heterocycles. The topological polar surface area (TPSA) is 68.0 Å². The molecule has 0 aliphatic rings. The van der Waals surface area contributed by atoms with Crippen LogP contribution in [0.1, 0.15) is 67.6 Å². The molecular formula is C24H29N3O2. The van der Waals surface area contributed by atoms with E-state index in [-0.39, 0.29) is 0 Å². The summed E-state index contributed by atoms with van der Waals surface area (Å²) in [7, 11) is 0. The molecule has 0 bridgehead atoms. The van der Waals surface area contributed by atoms with Crippen molar-refractivity contribution in [2.24, 2.45) is 5.92 Å². The minimum Gasteiger partial charge on any atom is -0.478 e. The van der Waals surface area contributed by atoms with Crippen LogP contribution >= 0.6 is 0 Å². The Balaban J connectivity index is 1.87. The van der Waals surface area contributed by atoms with Crippen LogP contribution in [-0.2, 0) is 13.0 Å². The number of carbonyl (C=O) groups is 1. The number of nitrogens with zero attached hydrogens (tertiary/aromatic N) is 3. The highest BCUT2D eigenvalue weighted by Crippen LogP contribution is 2.25. The van der Waals surface area contributed by atoms with Gasteiger partial charge in [0, 0.05) is 12.3 Å². The van der Waals surface area contributed by atoms with Crippen molar-refractivity contribution in [1.29, 1.82) is 0 Å². The summed E-state index contributed by atoms with van der Waals surface area (Å²) < 4.78 is 2.02. The van der Waals surface area contributed by atoms with E-state index in [0.717, 1.165) is 41.2 Å². The number of aromatic nitrogens is 3. The third kappa shape index (κ3) is 4.91. The van der Waals surface area contributed by atoms with E-state index >= 15 is 0 Å². The first kappa shape index (κ1) is 20.8. The zero-order valence-electron chi connectivity index (χ0n) is 17.6. The van der Waals surface area contributed by atoms with Crippen molar-refractivity contribution in [1.82, 2.24) is 14.8 Å². The second kappa shape index (κ2) is 9.03. The first-order valence-corrected chi connectivity index (χ1v) is 10.2. The Morgan fingerprint density at radius 1 is 1.07 bits per heavy atom. The highest BCUT2D eigenvalue weighted by Gasteiger charge is 2.16. The molecule has 0 aliphatic carbocycles. The van der Waals surface area contributed by atoms with E-state index in [1.165, 1.54) is 0 Å². The largest absolute Gasteiger partial charge is 0.478 e. The normalized spacial score (nSPS) is 12.3. The first-order valence-electron chi connectivity index (χ1n) is 10.2. The molecule has 1 N–H and O–H groups in total. The molecule has 1 unspecified atom stereocenters. The Bertz CT molecular complexity index is 974. The summed E-state index contributed by atoms with van der Waals surface area (Å²) in [5.74, 6) is 1.88. The van der Waals surface area contributed by atoms with Crippen LogP contribution in [0.3, 0.4) is 0 Å². The molecule has 5 nitrogen and oxygen atoms in total. The standard InChI is InChI=1S/C24H29N3O2/c1-5-17(4)23-25-22(14-16(2)3)27(26-23)15-18-10-12-19(13-11-18)20-8-6-7-9-21(20)24(28)29/h6-13,16-17H,5,14-15H2,1-4H3,(H,28,29). The van der Waals surface area contributed by atoms with Gasteiger partial charge in [0.05, 0.1) is 12.1 Å². The Kier molecular flexibility index (Phi) is 6.47. The van der Waals surface area contributed by atoms with E-state index < -0.39 is 5.97 Å². The highest BCUT2D eigenvalue weighted by molar-refractivity contribution is 5.95. The van der Waals surface area contributed by atoms with Crippen LogP contribution in [0.25, 0.3) is 11.1 Å². The molecular weight excluding hydrogens is 362 g/mol. The second-order valence-corrected chi connectivity index (χ2v) is 8.00. The fraction of sp³-hybridized carbons (Fsp3) is 0.375. The molecule has 0 saturated carbocycles. The van der Waals surface area contributed by atoms with E-state index in [9.17, 15) is 9.90 Å². The molecule has 0 radical (unpaired) electrons. The van der Waals surface area contributed by atoms with Crippen molar-refractivity contribution >= 4 is 5.97 Å². The minimum absolute atomic E-state index is 0.314. The van der Waals surface area contributed by atoms with Crippen molar-refractivity contribution < 1.29 is 9.90 Å². The summed E-state index contributed by atoms with van der Waals surface area (Å²) in [4.78, 5) is 16.3. The lowest BCUT2D eigenvalue weighted by molar-refractivity contribution is 0.0697. The van der Waals surface area contributed by atoms with Gasteiger partial charge in [-0.25, -0.2) is 14.5 Å². The van der Waals surface area contributed by atoms with Gasteiger partial charge in [-0.05, 0) is 35.1 Å². The molecule has 0 fully saturated rings. The van der Waals surface area contributed by atoms with Gasteiger partial charge in [0.15, 0.2) is 5.82 Å². The predicted molar refractivity (Wildman–Crippen MR) is 115 cm³/mol. The van der Waals surface area contributed by atoms with Crippen molar-refractivity contribution in [2.45, 2.75) is 53.0 Å². The average Bonchev–Trinajstić information content (AvgIpc) is 3.09. The smallest absolute Gasteiger partial charge is 0.336 e. The van der Waals surface area contributed by atoms with E-state index in [4.69, 9.17) is 10.1 Å². The van der Waals surface area contributed by atoms with E-state index in [1.807, 2.05) is 41.1 Å². The summed E-state index contributed by atoms with van der Waals surface area (Å²) in [5, 5.41) is 14.2. The van der Waals surface area contributed by atoms with Crippen LogP contribution in [0, 0.1) is 5.92 Å². The quantitative estimate of drug-likeness (QED) is 0.558. The van der Waals surface area contributed by atoms with Crippen molar-refractivity contribution in [3.8, 4) is 11.1 Å². The summed E-state index contributed by atoms with van der Waals surface area (Å²) in [5.41, 5.74) is 3.06. The van der Waals surface area contributed by atoms with Gasteiger partial charge < -0.3 is 5.11 Å². The molecule has 5 heteroatoms. The van der Waals surface area contributed by atoms with Gasteiger partial charge in [-0.1, -0.05) is 70.2 Å². The number of hydrogen-bond donors (Lipinski definition) is 1. The maximum Gasteiger partial charge on any atom is 0.336 e. The van der Waals surface area contributed by atoms with Crippen LogP contribution < -0.4 is 0 Å². The number of carboxylic acid groups (broad SMARTS) is 1. The summed E-state index contributed by atoms with van der Waals surface area (Å²) in [6, 6.07) is 15.1. The van der Waals surface area contributed by atoms with Gasteiger partial charge in [-0.3, -0.25) is 0 Å². The molecule has 152 valence electrons. The zero-order chi connectivity index (χ0) is 21.0. The lowest BCUT2D eigenvalue weighted by Crippen LogP contribution is -2.09. The number of rotatable bonds is 8. The molecule has 3 aromatic rings. The average molecular weight is 392 g/mol. The number of aromatic carboxylic acids is 1. The van der Waals surface area contributed by atoms with Gasteiger partial charge in [-0.15, -0.1) is 0 Å². The molecule has 1 atom stereocenters. The third-order valence-electron chi connectivity index (χ3n) is 5.16. The molecule has 29 heavy (non-hydrogen) atoms. The van der Waals surface area contributed by atoms with E-state index in [1.54, 1.807) is 12.1 Å². The lowest BCUT2D eigenvalue weighted by atomic mass is 9.99. The maximum absolute atomic E-state index is 11.5. The Morgan fingerprint density at radius 3 is 2.38 bits per heavy atom. The summed E-state index contributed by atoms with van der Waals surface area (Å²) >= 11 is 0. The van der Waals surface area contributed by atoms with Crippen molar-refractivity contribution in [3.05, 3.63) is 71.3 Å². The fourth-order valence-corrected chi connectivity index (χ4v) is 3.31. The van der Waals surface area contributed by atoms with Crippen LogP contribution in [0.15, 0.2) is 48.5 Å². The predicted octanol–water partition coefficient (Wildman–Crippen LogP) is 5.40. The maximum atomic E-state index is 11.5. The molecule has 3 rings (SSSR count). The number of hydrogen-bond acceptors (Lipinski definition) is 3. The van der Waals surface area contributed by atoms with E-state index in [2.05, 4.69) is 27.7 Å². The van der Waals surface area contributed by atoms with Crippen molar-refractivity contribution in [3.63, 3.8) is 0 Å². The Hall–Kier alpha value is -2.95. The van der Waals surface area contributed by atoms with Gasteiger partial charge in [-0.2, -0.15) is 5.10 Å². The Labute approximate surface area is 172 Å². The third-order valence-corrected chi connectivity index (χ3v) is 5.16. The van der Waals surface area contributed by atoms with Gasteiger partial charge in [0.1, 0.15) is 5.82 Å². The molecule has 0 saturated heterocycles. The minimum atomic E-state index is -0.914. The number of benzene rings is 2. The van der Waals surface area contributed by atoms with Gasteiger partial charge in [0.25, 0.3) is 0 Å². The summed E-state index contributed by atoms with van der Waals surface area (Å²) in [6.07, 6.45) is 1.91. The Morgan fingerprint density at radius 2 is 1.76 bits per heavy atom. The SMILES string of the molecule is CCC(C)c1nc(CC(C)C)n(Cc2ccc(-c3ccccc3C(=O)O)cc2)n1. The molecule has 1 aromatic heterocycles. The first-order chi connectivity index (χ1) is 13.9. The van der Waals surface area contributed by atoms with Crippen LogP contribution in [0.5, 0.6) is 0 Å². The lowest BCUT2D eigenvalue weighted by Gasteiger charge is -2.10.